The van der Waals surface area contributed by atoms with E-state index >= 15 is 0 Å². The third-order valence-corrected chi connectivity index (χ3v) is 5.24. The average Bonchev–Trinajstić information content (AvgIpc) is 2.87. The molecule has 0 spiro atoms. The van der Waals surface area contributed by atoms with Crippen LogP contribution in [-0.2, 0) is 6.54 Å². The number of amides is 1. The number of benzene rings is 1. The van der Waals surface area contributed by atoms with Crippen LogP contribution in [0.3, 0.4) is 0 Å². The third kappa shape index (κ3) is 2.94. The van der Waals surface area contributed by atoms with E-state index in [9.17, 15) is 4.79 Å². The molecular formula is C21H24N4O. The predicted molar refractivity (Wildman–Crippen MR) is 105 cm³/mol. The van der Waals surface area contributed by atoms with Crippen LogP contribution in [0.1, 0.15) is 39.3 Å². The van der Waals surface area contributed by atoms with Gasteiger partial charge >= 0.3 is 0 Å². The summed E-state index contributed by atoms with van der Waals surface area (Å²) in [5, 5.41) is 4.48. The topological polar surface area (TPSA) is 61.0 Å². The Hall–Kier alpha value is -2.82. The molecule has 3 heterocycles. The minimum atomic E-state index is 0.0230. The lowest BCUT2D eigenvalue weighted by Crippen LogP contribution is -2.42. The highest BCUT2D eigenvalue weighted by molar-refractivity contribution is 6.00. The first-order valence-corrected chi connectivity index (χ1v) is 9.11. The number of nitrogens with one attached hydrogen (secondary N) is 2. The van der Waals surface area contributed by atoms with Crippen molar-refractivity contribution in [3.05, 3.63) is 58.4 Å². The van der Waals surface area contributed by atoms with Gasteiger partial charge in [-0.2, -0.15) is 0 Å². The molecule has 1 amide bonds. The molecule has 2 aromatic heterocycles. The van der Waals surface area contributed by atoms with E-state index < -0.39 is 0 Å². The zero-order chi connectivity index (χ0) is 18.3. The summed E-state index contributed by atoms with van der Waals surface area (Å²) in [5.74, 6) is 0.762. The lowest BCUT2D eigenvalue weighted by molar-refractivity contribution is 0.0646. The molecule has 5 nitrogen and oxygen atoms in total. The number of likely N-dealkylation sites (tertiary alicyclic amines) is 1. The smallest absolute Gasteiger partial charge is 0.272 e. The third-order valence-electron chi connectivity index (χ3n) is 5.24. The predicted octanol–water partition coefficient (Wildman–Crippen LogP) is 3.95. The second-order valence-electron chi connectivity index (χ2n) is 7.14. The molecular weight excluding hydrogens is 324 g/mol. The van der Waals surface area contributed by atoms with Crippen molar-refractivity contribution in [1.82, 2.24) is 14.9 Å². The molecule has 134 valence electrons. The van der Waals surface area contributed by atoms with Crippen molar-refractivity contribution >= 4 is 22.6 Å². The van der Waals surface area contributed by atoms with Gasteiger partial charge in [-0.05, 0) is 44.4 Å². The maximum atomic E-state index is 12.7. The molecule has 0 bridgehead atoms. The Morgan fingerprint density at radius 2 is 1.92 bits per heavy atom. The second kappa shape index (κ2) is 6.48. The van der Waals surface area contributed by atoms with Gasteiger partial charge in [-0.15, -0.1) is 0 Å². The van der Waals surface area contributed by atoms with Gasteiger partial charge in [0.25, 0.3) is 5.91 Å². The fourth-order valence-electron chi connectivity index (χ4n) is 3.26. The van der Waals surface area contributed by atoms with E-state index in [1.165, 1.54) is 16.7 Å². The van der Waals surface area contributed by atoms with E-state index in [0.717, 1.165) is 41.9 Å². The molecule has 1 fully saturated rings. The van der Waals surface area contributed by atoms with Crippen molar-refractivity contribution in [3.8, 4) is 0 Å². The number of hydrogen-bond donors (Lipinski definition) is 2. The number of anilines is 1. The summed E-state index contributed by atoms with van der Waals surface area (Å²) < 4.78 is 0. The van der Waals surface area contributed by atoms with Crippen molar-refractivity contribution in [2.45, 2.75) is 33.7 Å². The maximum Gasteiger partial charge on any atom is 0.272 e. The van der Waals surface area contributed by atoms with Crippen LogP contribution in [0, 0.1) is 20.8 Å². The number of carbonyl (C=O) groups is 1. The van der Waals surface area contributed by atoms with E-state index in [1.807, 2.05) is 11.0 Å². The van der Waals surface area contributed by atoms with E-state index in [2.05, 4.69) is 60.3 Å². The van der Waals surface area contributed by atoms with Gasteiger partial charge in [0.05, 0.1) is 5.52 Å². The lowest BCUT2D eigenvalue weighted by atomic mass is 10.1. The van der Waals surface area contributed by atoms with Crippen molar-refractivity contribution in [3.63, 3.8) is 0 Å². The standard InChI is InChI=1S/C21H24N4O/c1-13-5-7-16(8-6-13)12-22-20-19-17(14(2)15(3)23-19)11-18(24-20)21(26)25-9-4-10-25/h5-8,11,23H,4,9-10,12H2,1-3H3,(H,22,24). The average molecular weight is 348 g/mol. The van der Waals surface area contributed by atoms with E-state index in [1.54, 1.807) is 0 Å². The van der Waals surface area contributed by atoms with Gasteiger partial charge in [0.15, 0.2) is 5.82 Å². The minimum absolute atomic E-state index is 0.0230. The van der Waals surface area contributed by atoms with Crippen LogP contribution >= 0.6 is 0 Å². The highest BCUT2D eigenvalue weighted by Crippen LogP contribution is 2.28. The van der Waals surface area contributed by atoms with Crippen molar-refractivity contribution in [2.24, 2.45) is 0 Å². The maximum absolute atomic E-state index is 12.7. The molecule has 0 aliphatic carbocycles. The SMILES string of the molecule is Cc1ccc(CNc2nc(C(=O)N3CCC3)cc3c(C)c(C)[nH]c23)cc1. The fourth-order valence-corrected chi connectivity index (χ4v) is 3.26. The number of aromatic amines is 1. The number of nitrogens with zero attached hydrogens (tertiary/aromatic N) is 2. The molecule has 1 aromatic carbocycles. The van der Waals surface area contributed by atoms with Crippen LogP contribution in [0.25, 0.3) is 10.9 Å². The van der Waals surface area contributed by atoms with Gasteiger partial charge in [0, 0.05) is 30.7 Å². The molecule has 1 saturated heterocycles. The summed E-state index contributed by atoms with van der Waals surface area (Å²) in [5.41, 5.74) is 6.18. The summed E-state index contributed by atoms with van der Waals surface area (Å²) >= 11 is 0. The van der Waals surface area contributed by atoms with Crippen LogP contribution in [-0.4, -0.2) is 33.9 Å². The highest BCUT2D eigenvalue weighted by Gasteiger charge is 2.24. The van der Waals surface area contributed by atoms with Gasteiger partial charge < -0.3 is 15.2 Å². The lowest BCUT2D eigenvalue weighted by Gasteiger charge is -2.30. The van der Waals surface area contributed by atoms with Crippen molar-refractivity contribution in [1.29, 1.82) is 0 Å². The number of hydrogen-bond acceptors (Lipinski definition) is 3. The summed E-state index contributed by atoms with van der Waals surface area (Å²) in [7, 11) is 0. The van der Waals surface area contributed by atoms with Gasteiger partial charge in [-0.1, -0.05) is 29.8 Å². The van der Waals surface area contributed by atoms with Gasteiger partial charge in [-0.25, -0.2) is 4.98 Å². The molecule has 0 unspecified atom stereocenters. The molecule has 2 N–H and O–H groups in total. The van der Waals surface area contributed by atoms with Gasteiger partial charge in [0.1, 0.15) is 5.69 Å². The summed E-state index contributed by atoms with van der Waals surface area (Å²) in [6, 6.07) is 10.4. The van der Waals surface area contributed by atoms with Crippen LogP contribution in [0.5, 0.6) is 0 Å². The largest absolute Gasteiger partial charge is 0.364 e. The second-order valence-corrected chi connectivity index (χ2v) is 7.14. The highest BCUT2D eigenvalue weighted by atomic mass is 16.2. The molecule has 0 saturated carbocycles. The summed E-state index contributed by atoms with van der Waals surface area (Å²) in [4.78, 5) is 22.6. The number of fused-ring (bicyclic) bond motifs is 1. The molecule has 1 aliphatic rings. The Morgan fingerprint density at radius 1 is 1.19 bits per heavy atom. The van der Waals surface area contributed by atoms with Crippen LogP contribution in [0.4, 0.5) is 5.82 Å². The monoisotopic (exact) mass is 348 g/mol. The Labute approximate surface area is 153 Å². The summed E-state index contributed by atoms with van der Waals surface area (Å²) in [6.07, 6.45) is 1.08. The van der Waals surface area contributed by atoms with Gasteiger partial charge in [0.2, 0.25) is 0 Å². The zero-order valence-electron chi connectivity index (χ0n) is 15.5. The molecule has 0 radical (unpaired) electrons. The molecule has 26 heavy (non-hydrogen) atoms. The van der Waals surface area contributed by atoms with Crippen molar-refractivity contribution < 1.29 is 4.79 Å². The van der Waals surface area contributed by atoms with Crippen LogP contribution in [0.2, 0.25) is 0 Å². The quantitative estimate of drug-likeness (QED) is 0.750. The Bertz CT molecular complexity index is 968. The Morgan fingerprint density at radius 3 is 2.58 bits per heavy atom. The summed E-state index contributed by atoms with van der Waals surface area (Å²) in [6.45, 7) is 8.54. The van der Waals surface area contributed by atoms with E-state index in [4.69, 9.17) is 0 Å². The molecule has 4 rings (SSSR count). The minimum Gasteiger partial charge on any atom is -0.364 e. The Balaban J connectivity index is 1.70. The first kappa shape index (κ1) is 16.6. The molecule has 3 aromatic rings. The molecule has 0 atom stereocenters. The normalized spacial score (nSPS) is 13.7. The number of H-pyrrole nitrogens is 1. The first-order chi connectivity index (χ1) is 12.5. The first-order valence-electron chi connectivity index (χ1n) is 9.11. The van der Waals surface area contributed by atoms with Crippen LogP contribution < -0.4 is 5.32 Å². The van der Waals surface area contributed by atoms with E-state index in [0.29, 0.717) is 12.2 Å². The number of aryl methyl sites for hydroxylation is 3. The number of aromatic nitrogens is 2. The Kier molecular flexibility index (Phi) is 4.15. The molecule has 5 heteroatoms. The van der Waals surface area contributed by atoms with Crippen LogP contribution in [0.15, 0.2) is 30.3 Å². The number of carbonyl (C=O) groups excluding carboxylic acids is 1. The number of pyridine rings is 1. The van der Waals surface area contributed by atoms with E-state index in [-0.39, 0.29) is 5.91 Å². The zero-order valence-corrected chi connectivity index (χ0v) is 15.5. The fraction of sp³-hybridized carbons (Fsp3) is 0.333. The molecule has 1 aliphatic heterocycles. The van der Waals surface area contributed by atoms with Crippen molar-refractivity contribution in [2.75, 3.05) is 18.4 Å². The van der Waals surface area contributed by atoms with Gasteiger partial charge in [-0.3, -0.25) is 4.79 Å². The number of rotatable bonds is 4.